The average Bonchev–Trinajstić information content (AvgIpc) is 2.54. The molecule has 0 atom stereocenters. The van der Waals surface area contributed by atoms with Crippen molar-refractivity contribution in [2.75, 3.05) is 6.54 Å². The third-order valence-electron chi connectivity index (χ3n) is 3.26. The smallest absolute Gasteiger partial charge is 0.407 e. The van der Waals surface area contributed by atoms with Crippen LogP contribution in [-0.2, 0) is 16.5 Å². The second kappa shape index (κ2) is 12.9. The Bertz CT molecular complexity index is 524. The fourth-order valence-corrected chi connectivity index (χ4v) is 2.45. The highest BCUT2D eigenvalue weighted by Crippen LogP contribution is 2.16. The molecule has 142 valence electrons. The number of alkyl halides is 1. The summed E-state index contributed by atoms with van der Waals surface area (Å²) in [4.78, 5) is 21.6. The summed E-state index contributed by atoms with van der Waals surface area (Å²) in [7, 11) is 0. The molecule has 1 aromatic rings. The molecule has 4 nitrogen and oxygen atoms in total. The minimum absolute atomic E-state index is 0.352. The summed E-state index contributed by atoms with van der Waals surface area (Å²) in [5.41, 5.74) is 2.89. The zero-order valence-electron chi connectivity index (χ0n) is 16.2. The van der Waals surface area contributed by atoms with E-state index in [0.29, 0.717) is 6.54 Å². The molecule has 1 rings (SSSR count). The number of nitrogens with one attached hydrogen (secondary N) is 1. The van der Waals surface area contributed by atoms with E-state index in [2.05, 4.69) is 34.2 Å². The van der Waals surface area contributed by atoms with Gasteiger partial charge in [-0.1, -0.05) is 53.9 Å². The van der Waals surface area contributed by atoms with Gasteiger partial charge in [0, 0.05) is 17.4 Å². The lowest BCUT2D eigenvalue weighted by Crippen LogP contribution is -2.32. The molecule has 0 aromatic heterocycles. The molecule has 0 aliphatic carbocycles. The monoisotopic (exact) mass is 413 g/mol. The number of amides is 1. The van der Waals surface area contributed by atoms with E-state index >= 15 is 0 Å². The van der Waals surface area contributed by atoms with Crippen LogP contribution in [0.3, 0.4) is 0 Å². The van der Waals surface area contributed by atoms with Crippen LogP contribution in [-0.4, -0.2) is 24.5 Å². The van der Waals surface area contributed by atoms with Gasteiger partial charge in [0.25, 0.3) is 0 Å². The summed E-state index contributed by atoms with van der Waals surface area (Å²) in [6, 6.07) is 6.06. The number of aryl methyl sites for hydroxylation is 1. The second-order valence-electron chi connectivity index (χ2n) is 6.77. The number of carbonyl (C=O) groups is 2. The fraction of sp³-hybridized carbons (Fsp3) is 0.600. The number of alkyl carbamates (subject to hydrolysis) is 1. The van der Waals surface area contributed by atoms with Gasteiger partial charge in [0.15, 0.2) is 0 Å². The number of hydrogen-bond acceptors (Lipinski definition) is 3. The average molecular weight is 414 g/mol. The number of halogens is 1. The van der Waals surface area contributed by atoms with E-state index in [0.717, 1.165) is 23.6 Å². The van der Waals surface area contributed by atoms with Gasteiger partial charge < -0.3 is 10.1 Å². The number of carbonyl (C=O) groups excluding carboxylic acids is 2. The minimum Gasteiger partial charge on any atom is -0.444 e. The normalized spacial score (nSPS) is 10.5. The van der Waals surface area contributed by atoms with Gasteiger partial charge in [0.05, 0.1) is 0 Å². The highest BCUT2D eigenvalue weighted by molar-refractivity contribution is 9.08. The first-order valence-electron chi connectivity index (χ1n) is 8.87. The lowest BCUT2D eigenvalue weighted by molar-refractivity contribution is 0.0531. The van der Waals surface area contributed by atoms with Crippen LogP contribution < -0.4 is 5.32 Å². The predicted molar refractivity (Wildman–Crippen MR) is 108 cm³/mol. The molecule has 1 N–H and O–H groups in total. The molecule has 0 saturated carbocycles. The minimum atomic E-state index is -0.390. The van der Waals surface area contributed by atoms with E-state index in [-0.39, 0.29) is 11.7 Å². The molecule has 0 aliphatic rings. The van der Waals surface area contributed by atoms with E-state index < -0.39 is 0 Å². The first-order chi connectivity index (χ1) is 11.8. The molecule has 1 amide bonds. The molecule has 5 heteroatoms. The van der Waals surface area contributed by atoms with Crippen LogP contribution in [0.2, 0.25) is 0 Å². The number of unbranched alkanes of at least 4 members (excludes halogenated alkanes) is 2. The maximum Gasteiger partial charge on any atom is 0.407 e. The van der Waals surface area contributed by atoms with Crippen LogP contribution in [0.15, 0.2) is 18.2 Å². The summed E-state index contributed by atoms with van der Waals surface area (Å²) >= 11 is 3.43. The maximum absolute atomic E-state index is 10.8. The molecule has 0 radical (unpaired) electrons. The Morgan fingerprint density at radius 2 is 1.92 bits per heavy atom. The van der Waals surface area contributed by atoms with Crippen molar-refractivity contribution in [3.63, 3.8) is 0 Å². The Labute approximate surface area is 160 Å². The maximum atomic E-state index is 10.8. The summed E-state index contributed by atoms with van der Waals surface area (Å²) in [5, 5.41) is 3.39. The molecule has 0 bridgehead atoms. The Balaban J connectivity index is 0.000000504. The van der Waals surface area contributed by atoms with Gasteiger partial charge in [-0.25, -0.2) is 4.79 Å². The van der Waals surface area contributed by atoms with Gasteiger partial charge in [-0.2, -0.15) is 0 Å². The van der Waals surface area contributed by atoms with Crippen molar-refractivity contribution in [2.45, 2.75) is 71.2 Å². The molecule has 0 fully saturated rings. The first-order valence-corrected chi connectivity index (χ1v) is 9.99. The van der Waals surface area contributed by atoms with Crippen LogP contribution in [0.4, 0.5) is 4.79 Å². The van der Waals surface area contributed by atoms with Crippen molar-refractivity contribution < 1.29 is 14.3 Å². The van der Waals surface area contributed by atoms with Crippen molar-refractivity contribution >= 4 is 28.3 Å². The van der Waals surface area contributed by atoms with Crippen LogP contribution in [0.5, 0.6) is 0 Å². The summed E-state index contributed by atoms with van der Waals surface area (Å²) in [6.45, 7) is 10.2. The fourth-order valence-electron chi connectivity index (χ4n) is 2.10. The number of ether oxygens (including phenoxy) is 1. The summed E-state index contributed by atoms with van der Waals surface area (Å²) in [5.74, 6) is 0. The standard InChI is InChI=1S/C13H17BrO.C7H15NO2/c1-2-3-4-5-12-8-11(9-14)6-7-13(12)10-15;1-5-8-6(9)10-7(2,3)4/h6-8,10H,2-5,9H2,1H3;5H2,1-4H3,(H,8,9). The van der Waals surface area contributed by atoms with E-state index in [1.807, 2.05) is 39.8 Å². The number of rotatable bonds is 7. The predicted octanol–water partition coefficient (Wildman–Crippen LogP) is 5.66. The first kappa shape index (κ1) is 23.6. The largest absolute Gasteiger partial charge is 0.444 e. The summed E-state index contributed by atoms with van der Waals surface area (Å²) < 4.78 is 4.93. The molecule has 0 saturated heterocycles. The summed E-state index contributed by atoms with van der Waals surface area (Å²) in [6.07, 6.45) is 5.24. The van der Waals surface area contributed by atoms with Crippen molar-refractivity contribution in [3.05, 3.63) is 34.9 Å². The van der Waals surface area contributed by atoms with Gasteiger partial charge in [-0.3, -0.25) is 4.79 Å². The van der Waals surface area contributed by atoms with E-state index in [4.69, 9.17) is 4.74 Å². The van der Waals surface area contributed by atoms with Crippen molar-refractivity contribution in [1.82, 2.24) is 5.32 Å². The highest BCUT2D eigenvalue weighted by Gasteiger charge is 2.14. The quantitative estimate of drug-likeness (QED) is 0.356. The van der Waals surface area contributed by atoms with Gasteiger partial charge in [0.1, 0.15) is 11.9 Å². The Morgan fingerprint density at radius 1 is 1.24 bits per heavy atom. The molecule has 0 spiro atoms. The third kappa shape index (κ3) is 11.8. The number of hydrogen-bond donors (Lipinski definition) is 1. The van der Waals surface area contributed by atoms with Crippen LogP contribution in [0.1, 0.15) is 75.4 Å². The molecule has 0 heterocycles. The van der Waals surface area contributed by atoms with Crippen LogP contribution >= 0.6 is 15.9 Å². The zero-order valence-corrected chi connectivity index (χ0v) is 17.7. The van der Waals surface area contributed by atoms with E-state index in [1.165, 1.54) is 30.4 Å². The van der Waals surface area contributed by atoms with Crippen LogP contribution in [0.25, 0.3) is 0 Å². The Hall–Kier alpha value is -1.36. The molecular formula is C20H32BrNO3. The van der Waals surface area contributed by atoms with Gasteiger partial charge in [0.2, 0.25) is 0 Å². The van der Waals surface area contributed by atoms with Crippen LogP contribution in [0, 0.1) is 0 Å². The number of aldehydes is 1. The number of benzene rings is 1. The Kier molecular flexibility index (Phi) is 12.2. The third-order valence-corrected chi connectivity index (χ3v) is 3.91. The van der Waals surface area contributed by atoms with Crippen molar-refractivity contribution in [1.29, 1.82) is 0 Å². The SMILES string of the molecule is CCCCCc1cc(CBr)ccc1C=O.CCNC(=O)OC(C)(C)C. The van der Waals surface area contributed by atoms with Crippen molar-refractivity contribution in [2.24, 2.45) is 0 Å². The van der Waals surface area contributed by atoms with E-state index in [1.54, 1.807) is 0 Å². The van der Waals surface area contributed by atoms with E-state index in [9.17, 15) is 9.59 Å². The Morgan fingerprint density at radius 3 is 2.40 bits per heavy atom. The molecule has 0 unspecified atom stereocenters. The molecular weight excluding hydrogens is 382 g/mol. The van der Waals surface area contributed by atoms with Gasteiger partial charge >= 0.3 is 6.09 Å². The molecule has 1 aromatic carbocycles. The lowest BCUT2D eigenvalue weighted by atomic mass is 10.00. The molecule has 0 aliphatic heterocycles. The van der Waals surface area contributed by atoms with Crippen molar-refractivity contribution in [3.8, 4) is 0 Å². The van der Waals surface area contributed by atoms with Gasteiger partial charge in [-0.05, 0) is 51.7 Å². The highest BCUT2D eigenvalue weighted by atomic mass is 79.9. The topological polar surface area (TPSA) is 55.4 Å². The van der Waals surface area contributed by atoms with Gasteiger partial charge in [-0.15, -0.1) is 0 Å². The zero-order chi connectivity index (χ0) is 19.3. The second-order valence-corrected chi connectivity index (χ2v) is 7.33. The molecule has 25 heavy (non-hydrogen) atoms. The lowest BCUT2D eigenvalue weighted by Gasteiger charge is -2.19.